The van der Waals surface area contributed by atoms with Crippen LogP contribution in [0.5, 0.6) is 0 Å². The van der Waals surface area contributed by atoms with Gasteiger partial charge in [0.05, 0.1) is 5.69 Å². The van der Waals surface area contributed by atoms with Gasteiger partial charge in [-0.1, -0.05) is 6.92 Å². The average Bonchev–Trinajstić information content (AvgIpc) is 3.15. The number of benzene rings is 1. The van der Waals surface area contributed by atoms with Crippen LogP contribution < -0.4 is 5.73 Å². The van der Waals surface area contributed by atoms with Crippen molar-refractivity contribution < 1.29 is 9.18 Å². The van der Waals surface area contributed by atoms with Crippen molar-refractivity contribution in [2.24, 2.45) is 11.1 Å². The van der Waals surface area contributed by atoms with Crippen molar-refractivity contribution in [3.8, 4) is 11.3 Å². The fourth-order valence-corrected chi connectivity index (χ4v) is 2.73. The SMILES string of the molecule is CC1(CN)CCN(C(=O)c2cc(-c3ccc(F)cc3)n[nH]2)C1. The van der Waals surface area contributed by atoms with Crippen LogP contribution in [0.3, 0.4) is 0 Å². The Balaban J connectivity index is 1.76. The monoisotopic (exact) mass is 302 g/mol. The maximum atomic E-state index is 12.9. The molecule has 1 saturated heterocycles. The van der Waals surface area contributed by atoms with Crippen molar-refractivity contribution in [3.05, 3.63) is 41.8 Å². The van der Waals surface area contributed by atoms with Crippen LogP contribution in [-0.2, 0) is 0 Å². The zero-order valence-corrected chi connectivity index (χ0v) is 12.5. The number of amides is 1. The largest absolute Gasteiger partial charge is 0.337 e. The van der Waals surface area contributed by atoms with Crippen molar-refractivity contribution >= 4 is 5.91 Å². The van der Waals surface area contributed by atoms with E-state index in [0.717, 1.165) is 12.0 Å². The molecule has 0 radical (unpaired) electrons. The topological polar surface area (TPSA) is 75.0 Å². The summed E-state index contributed by atoms with van der Waals surface area (Å²) in [5.41, 5.74) is 7.61. The van der Waals surface area contributed by atoms with E-state index in [0.29, 0.717) is 31.0 Å². The number of hydrogen-bond donors (Lipinski definition) is 2. The van der Waals surface area contributed by atoms with E-state index in [1.165, 1.54) is 12.1 Å². The summed E-state index contributed by atoms with van der Waals surface area (Å²) in [5.74, 6) is -0.369. The number of aromatic nitrogens is 2. The molecule has 1 amide bonds. The predicted octanol–water partition coefficient (Wildman–Crippen LogP) is 2.03. The lowest BCUT2D eigenvalue weighted by Crippen LogP contribution is -2.34. The van der Waals surface area contributed by atoms with E-state index < -0.39 is 0 Å². The Kier molecular flexibility index (Phi) is 3.70. The van der Waals surface area contributed by atoms with Crippen LogP contribution in [0.1, 0.15) is 23.8 Å². The standard InChI is InChI=1S/C16H19FN4O/c1-16(9-18)6-7-21(10-16)15(22)14-8-13(19-20-14)11-2-4-12(17)5-3-11/h2-5,8H,6-7,9-10,18H2,1H3,(H,19,20). The molecule has 1 atom stereocenters. The molecule has 6 heteroatoms. The highest BCUT2D eigenvalue weighted by molar-refractivity contribution is 5.93. The van der Waals surface area contributed by atoms with Gasteiger partial charge in [-0.25, -0.2) is 4.39 Å². The minimum atomic E-state index is -0.297. The molecular formula is C16H19FN4O. The minimum absolute atomic E-state index is 0.00450. The molecule has 22 heavy (non-hydrogen) atoms. The maximum Gasteiger partial charge on any atom is 0.271 e. The Morgan fingerprint density at radius 1 is 1.45 bits per heavy atom. The highest BCUT2D eigenvalue weighted by Crippen LogP contribution is 2.29. The van der Waals surface area contributed by atoms with Crippen LogP contribution in [0.2, 0.25) is 0 Å². The van der Waals surface area contributed by atoms with Gasteiger partial charge in [0.15, 0.2) is 0 Å². The lowest BCUT2D eigenvalue weighted by molar-refractivity contribution is 0.0771. The van der Waals surface area contributed by atoms with Crippen LogP contribution >= 0.6 is 0 Å². The Hall–Kier alpha value is -2.21. The fraction of sp³-hybridized carbons (Fsp3) is 0.375. The number of carbonyl (C=O) groups excluding carboxylic acids is 1. The first kappa shape index (κ1) is 14.7. The van der Waals surface area contributed by atoms with Crippen molar-refractivity contribution in [3.63, 3.8) is 0 Å². The molecule has 1 fully saturated rings. The Morgan fingerprint density at radius 3 is 2.82 bits per heavy atom. The van der Waals surface area contributed by atoms with Crippen LogP contribution in [0.4, 0.5) is 4.39 Å². The molecule has 2 aromatic rings. The molecule has 0 saturated carbocycles. The summed E-state index contributed by atoms with van der Waals surface area (Å²) in [4.78, 5) is 14.3. The molecule has 1 aliphatic rings. The predicted molar refractivity (Wildman–Crippen MR) is 81.7 cm³/mol. The van der Waals surface area contributed by atoms with Gasteiger partial charge in [0.25, 0.3) is 5.91 Å². The molecule has 0 bridgehead atoms. The van der Waals surface area contributed by atoms with E-state index in [1.54, 1.807) is 23.1 Å². The van der Waals surface area contributed by atoms with Crippen LogP contribution in [-0.4, -0.2) is 40.6 Å². The Labute approximate surface area is 128 Å². The van der Waals surface area contributed by atoms with Crippen molar-refractivity contribution in [1.82, 2.24) is 15.1 Å². The number of nitrogens with two attached hydrogens (primary N) is 1. The molecule has 0 spiro atoms. The number of likely N-dealkylation sites (tertiary alicyclic amines) is 1. The van der Waals surface area contributed by atoms with Gasteiger partial charge in [-0.15, -0.1) is 0 Å². The van der Waals surface area contributed by atoms with E-state index in [-0.39, 0.29) is 17.1 Å². The summed E-state index contributed by atoms with van der Waals surface area (Å²) in [7, 11) is 0. The normalized spacial score (nSPS) is 21.3. The van der Waals surface area contributed by atoms with E-state index in [9.17, 15) is 9.18 Å². The first-order chi connectivity index (χ1) is 10.5. The summed E-state index contributed by atoms with van der Waals surface area (Å²) in [6.07, 6.45) is 0.911. The third-order valence-corrected chi connectivity index (χ3v) is 4.29. The minimum Gasteiger partial charge on any atom is -0.337 e. The summed E-state index contributed by atoms with van der Waals surface area (Å²) < 4.78 is 12.9. The number of nitrogens with one attached hydrogen (secondary N) is 1. The van der Waals surface area contributed by atoms with E-state index in [2.05, 4.69) is 17.1 Å². The van der Waals surface area contributed by atoms with Crippen molar-refractivity contribution in [2.75, 3.05) is 19.6 Å². The highest BCUT2D eigenvalue weighted by Gasteiger charge is 2.35. The molecule has 1 aromatic carbocycles. The number of hydrogen-bond acceptors (Lipinski definition) is 3. The van der Waals surface area contributed by atoms with Gasteiger partial charge in [0.2, 0.25) is 0 Å². The second-order valence-corrected chi connectivity index (χ2v) is 6.17. The quantitative estimate of drug-likeness (QED) is 0.911. The molecular weight excluding hydrogens is 283 g/mol. The van der Waals surface area contributed by atoms with Gasteiger partial charge in [0, 0.05) is 18.7 Å². The van der Waals surface area contributed by atoms with Gasteiger partial charge in [-0.05, 0) is 48.7 Å². The van der Waals surface area contributed by atoms with Crippen LogP contribution in [0, 0.1) is 11.2 Å². The fourth-order valence-electron chi connectivity index (χ4n) is 2.73. The lowest BCUT2D eigenvalue weighted by atomic mass is 9.90. The number of halogens is 1. The number of rotatable bonds is 3. The molecule has 3 N–H and O–H groups in total. The zero-order chi connectivity index (χ0) is 15.7. The van der Waals surface area contributed by atoms with Crippen LogP contribution in [0.25, 0.3) is 11.3 Å². The number of nitrogens with zero attached hydrogens (tertiary/aromatic N) is 2. The molecule has 1 aromatic heterocycles. The van der Waals surface area contributed by atoms with Crippen molar-refractivity contribution in [1.29, 1.82) is 0 Å². The molecule has 116 valence electrons. The average molecular weight is 302 g/mol. The summed E-state index contributed by atoms with van der Waals surface area (Å²) >= 11 is 0. The molecule has 3 rings (SSSR count). The third-order valence-electron chi connectivity index (χ3n) is 4.29. The van der Waals surface area contributed by atoms with Crippen molar-refractivity contribution in [2.45, 2.75) is 13.3 Å². The van der Waals surface area contributed by atoms with Gasteiger partial charge < -0.3 is 10.6 Å². The second-order valence-electron chi connectivity index (χ2n) is 6.17. The first-order valence-corrected chi connectivity index (χ1v) is 7.31. The molecule has 1 unspecified atom stereocenters. The highest BCUT2D eigenvalue weighted by atomic mass is 19.1. The van der Waals surface area contributed by atoms with Gasteiger partial charge in [-0.2, -0.15) is 5.10 Å². The first-order valence-electron chi connectivity index (χ1n) is 7.31. The number of H-pyrrole nitrogens is 1. The third kappa shape index (κ3) is 2.74. The summed E-state index contributed by atoms with van der Waals surface area (Å²) in [6.45, 7) is 4.03. The number of carbonyl (C=O) groups is 1. The Morgan fingerprint density at radius 2 is 2.18 bits per heavy atom. The molecule has 0 aliphatic carbocycles. The van der Waals surface area contributed by atoms with E-state index in [4.69, 9.17) is 5.73 Å². The lowest BCUT2D eigenvalue weighted by Gasteiger charge is -2.22. The molecule has 2 heterocycles. The van der Waals surface area contributed by atoms with Crippen LogP contribution in [0.15, 0.2) is 30.3 Å². The Bertz CT molecular complexity index is 682. The molecule has 5 nitrogen and oxygen atoms in total. The van der Waals surface area contributed by atoms with Gasteiger partial charge >= 0.3 is 0 Å². The van der Waals surface area contributed by atoms with E-state index in [1.807, 2.05) is 0 Å². The van der Waals surface area contributed by atoms with Gasteiger partial charge in [-0.3, -0.25) is 9.89 Å². The summed E-state index contributed by atoms with van der Waals surface area (Å²) in [5, 5.41) is 6.92. The maximum absolute atomic E-state index is 12.9. The van der Waals surface area contributed by atoms with E-state index >= 15 is 0 Å². The second kappa shape index (κ2) is 5.53. The summed E-state index contributed by atoms with van der Waals surface area (Å²) in [6, 6.07) is 7.73. The number of aromatic amines is 1. The smallest absolute Gasteiger partial charge is 0.271 e. The zero-order valence-electron chi connectivity index (χ0n) is 12.5. The molecule has 1 aliphatic heterocycles. The van der Waals surface area contributed by atoms with Gasteiger partial charge in [0.1, 0.15) is 11.5 Å².